The third-order valence-corrected chi connectivity index (χ3v) is 5.50. The zero-order valence-corrected chi connectivity index (χ0v) is 15.4. The van der Waals surface area contributed by atoms with Crippen molar-refractivity contribution in [3.05, 3.63) is 24.2 Å². The topological polar surface area (TPSA) is 81.0 Å². The summed E-state index contributed by atoms with van der Waals surface area (Å²) in [7, 11) is 1.67. The van der Waals surface area contributed by atoms with Crippen molar-refractivity contribution in [1.29, 1.82) is 0 Å². The lowest BCUT2D eigenvalue weighted by molar-refractivity contribution is -0.130. The van der Waals surface area contributed by atoms with Gasteiger partial charge in [-0.05, 0) is 44.2 Å². The van der Waals surface area contributed by atoms with Gasteiger partial charge in [0.1, 0.15) is 0 Å². The van der Waals surface area contributed by atoms with Crippen LogP contribution in [0.25, 0.3) is 0 Å². The number of carbonyl (C=O) groups is 2. The number of hydrogen-bond acceptors (Lipinski definition) is 5. The molecule has 0 bridgehead atoms. The predicted molar refractivity (Wildman–Crippen MR) is 94.8 cm³/mol. The van der Waals surface area contributed by atoms with Gasteiger partial charge in [0, 0.05) is 51.5 Å². The van der Waals surface area contributed by atoms with Crippen LogP contribution in [0.1, 0.15) is 42.7 Å². The zero-order valence-electron chi connectivity index (χ0n) is 15.4. The van der Waals surface area contributed by atoms with E-state index < -0.39 is 0 Å². The van der Waals surface area contributed by atoms with E-state index in [0.717, 1.165) is 32.1 Å². The molecule has 0 unspecified atom stereocenters. The minimum absolute atomic E-state index is 0.0194. The number of rotatable bonds is 6. The van der Waals surface area contributed by atoms with Crippen LogP contribution in [-0.4, -0.2) is 62.3 Å². The van der Waals surface area contributed by atoms with E-state index in [2.05, 4.69) is 5.32 Å². The standard InChI is InChI=1S/C19H28N2O5/c1-24-14-8-19(20-17(22)15-4-12-25-13-5-15)6-9-21(10-7-19)18(23)16-3-2-11-26-16/h2-3,11,15H,4-10,12-14H2,1H3,(H,20,22). The van der Waals surface area contributed by atoms with Crippen LogP contribution in [0.15, 0.2) is 22.8 Å². The molecule has 144 valence electrons. The van der Waals surface area contributed by atoms with Crippen LogP contribution in [0.5, 0.6) is 0 Å². The van der Waals surface area contributed by atoms with Crippen molar-refractivity contribution in [2.75, 3.05) is 40.0 Å². The van der Waals surface area contributed by atoms with E-state index in [1.807, 2.05) is 0 Å². The Morgan fingerprint density at radius 2 is 2.04 bits per heavy atom. The molecule has 1 aromatic heterocycles. The molecule has 3 heterocycles. The molecule has 0 atom stereocenters. The van der Waals surface area contributed by atoms with Crippen LogP contribution < -0.4 is 5.32 Å². The Balaban J connectivity index is 1.61. The molecule has 26 heavy (non-hydrogen) atoms. The predicted octanol–water partition coefficient (Wildman–Crippen LogP) is 1.83. The van der Waals surface area contributed by atoms with Crippen molar-refractivity contribution in [2.45, 2.75) is 37.6 Å². The monoisotopic (exact) mass is 364 g/mol. The van der Waals surface area contributed by atoms with Crippen molar-refractivity contribution in [1.82, 2.24) is 10.2 Å². The van der Waals surface area contributed by atoms with E-state index >= 15 is 0 Å². The van der Waals surface area contributed by atoms with Gasteiger partial charge in [0.15, 0.2) is 5.76 Å². The lowest BCUT2D eigenvalue weighted by Crippen LogP contribution is -2.58. The van der Waals surface area contributed by atoms with Gasteiger partial charge in [-0.25, -0.2) is 0 Å². The highest BCUT2D eigenvalue weighted by molar-refractivity contribution is 5.91. The van der Waals surface area contributed by atoms with Crippen molar-refractivity contribution in [3.8, 4) is 0 Å². The Hall–Kier alpha value is -1.86. The summed E-state index contributed by atoms with van der Waals surface area (Å²) < 4.78 is 15.8. The zero-order chi connectivity index (χ0) is 18.4. The molecular formula is C19H28N2O5. The van der Waals surface area contributed by atoms with Gasteiger partial charge in [0.2, 0.25) is 5.91 Å². The summed E-state index contributed by atoms with van der Waals surface area (Å²) in [4.78, 5) is 27.0. The van der Waals surface area contributed by atoms with Crippen LogP contribution in [0.2, 0.25) is 0 Å². The number of piperidine rings is 1. The highest BCUT2D eigenvalue weighted by Crippen LogP contribution is 2.28. The average molecular weight is 364 g/mol. The Kier molecular flexibility index (Phi) is 6.32. The van der Waals surface area contributed by atoms with Crippen LogP contribution in [0, 0.1) is 5.92 Å². The molecule has 0 spiro atoms. The van der Waals surface area contributed by atoms with Gasteiger partial charge in [-0.3, -0.25) is 9.59 Å². The quantitative estimate of drug-likeness (QED) is 0.833. The Labute approximate surface area is 154 Å². The number of amides is 2. The van der Waals surface area contributed by atoms with Crippen molar-refractivity contribution in [3.63, 3.8) is 0 Å². The van der Waals surface area contributed by atoms with Gasteiger partial charge in [0.05, 0.1) is 6.26 Å². The number of carbonyl (C=O) groups excluding carboxylic acids is 2. The highest BCUT2D eigenvalue weighted by Gasteiger charge is 2.39. The first-order chi connectivity index (χ1) is 12.6. The number of furan rings is 1. The minimum atomic E-state index is -0.314. The fourth-order valence-electron chi connectivity index (χ4n) is 3.75. The van der Waals surface area contributed by atoms with E-state index in [0.29, 0.717) is 38.7 Å². The van der Waals surface area contributed by atoms with Crippen LogP contribution in [0.3, 0.4) is 0 Å². The van der Waals surface area contributed by atoms with Crippen molar-refractivity contribution >= 4 is 11.8 Å². The molecule has 7 nitrogen and oxygen atoms in total. The average Bonchev–Trinajstić information content (AvgIpc) is 3.22. The maximum Gasteiger partial charge on any atom is 0.289 e. The summed E-state index contributed by atoms with van der Waals surface area (Å²) in [5.74, 6) is 0.396. The fourth-order valence-corrected chi connectivity index (χ4v) is 3.75. The molecule has 2 aliphatic rings. The lowest BCUT2D eigenvalue weighted by atomic mass is 9.83. The van der Waals surface area contributed by atoms with Gasteiger partial charge in [-0.2, -0.15) is 0 Å². The molecule has 0 aromatic carbocycles. The maximum absolute atomic E-state index is 12.7. The molecule has 1 aromatic rings. The van der Waals surface area contributed by atoms with E-state index in [9.17, 15) is 9.59 Å². The molecular weight excluding hydrogens is 336 g/mol. The second kappa shape index (κ2) is 8.68. The molecule has 7 heteroatoms. The smallest absolute Gasteiger partial charge is 0.289 e. The third kappa shape index (κ3) is 4.45. The first-order valence-electron chi connectivity index (χ1n) is 9.35. The Morgan fingerprint density at radius 1 is 1.31 bits per heavy atom. The van der Waals surface area contributed by atoms with Gasteiger partial charge < -0.3 is 24.1 Å². The Bertz CT molecular complexity index is 587. The fraction of sp³-hybridized carbons (Fsp3) is 0.684. The van der Waals surface area contributed by atoms with E-state index in [-0.39, 0.29) is 23.3 Å². The molecule has 2 saturated heterocycles. The van der Waals surface area contributed by atoms with Crippen molar-refractivity contribution in [2.24, 2.45) is 5.92 Å². The van der Waals surface area contributed by atoms with E-state index in [1.165, 1.54) is 6.26 Å². The highest BCUT2D eigenvalue weighted by atomic mass is 16.5. The molecule has 2 amide bonds. The lowest BCUT2D eigenvalue weighted by Gasteiger charge is -2.43. The van der Waals surface area contributed by atoms with Gasteiger partial charge in [-0.1, -0.05) is 0 Å². The number of nitrogens with one attached hydrogen (secondary N) is 1. The molecule has 0 saturated carbocycles. The number of hydrogen-bond donors (Lipinski definition) is 1. The summed E-state index contributed by atoms with van der Waals surface area (Å²) in [6.07, 6.45) is 5.25. The second-order valence-electron chi connectivity index (χ2n) is 7.17. The first kappa shape index (κ1) is 18.9. The summed E-state index contributed by atoms with van der Waals surface area (Å²) in [5.41, 5.74) is -0.314. The molecule has 2 fully saturated rings. The normalized spacial score (nSPS) is 20.7. The molecule has 0 aliphatic carbocycles. The van der Waals surface area contributed by atoms with Crippen LogP contribution in [-0.2, 0) is 14.3 Å². The second-order valence-corrected chi connectivity index (χ2v) is 7.17. The summed E-state index contributed by atoms with van der Waals surface area (Å²) in [6, 6.07) is 3.40. The summed E-state index contributed by atoms with van der Waals surface area (Å²) in [5, 5.41) is 3.30. The van der Waals surface area contributed by atoms with Gasteiger partial charge in [0.25, 0.3) is 5.91 Å². The molecule has 3 rings (SSSR count). The van der Waals surface area contributed by atoms with Crippen LogP contribution in [0.4, 0.5) is 0 Å². The summed E-state index contributed by atoms with van der Waals surface area (Å²) >= 11 is 0. The largest absolute Gasteiger partial charge is 0.459 e. The number of ether oxygens (including phenoxy) is 2. The van der Waals surface area contributed by atoms with Gasteiger partial charge in [-0.15, -0.1) is 0 Å². The number of likely N-dealkylation sites (tertiary alicyclic amines) is 1. The molecule has 2 aliphatic heterocycles. The third-order valence-electron chi connectivity index (χ3n) is 5.50. The van der Waals surface area contributed by atoms with Gasteiger partial charge >= 0.3 is 0 Å². The maximum atomic E-state index is 12.7. The van der Waals surface area contributed by atoms with Crippen molar-refractivity contribution < 1.29 is 23.5 Å². The van der Waals surface area contributed by atoms with E-state index in [1.54, 1.807) is 24.1 Å². The minimum Gasteiger partial charge on any atom is -0.459 e. The Morgan fingerprint density at radius 3 is 2.65 bits per heavy atom. The number of methoxy groups -OCH3 is 1. The summed E-state index contributed by atoms with van der Waals surface area (Å²) in [6.45, 7) is 3.07. The molecule has 1 N–H and O–H groups in total. The SMILES string of the molecule is COCCC1(NC(=O)C2CCOCC2)CCN(C(=O)c2ccco2)CC1. The van der Waals surface area contributed by atoms with E-state index in [4.69, 9.17) is 13.9 Å². The first-order valence-corrected chi connectivity index (χ1v) is 9.35. The number of nitrogens with zero attached hydrogens (tertiary/aromatic N) is 1. The van der Waals surface area contributed by atoms with Crippen LogP contribution >= 0.6 is 0 Å². The molecule has 0 radical (unpaired) electrons.